The molecule has 0 radical (unpaired) electrons. The van der Waals surface area contributed by atoms with Gasteiger partial charge in [-0.15, -0.1) is 0 Å². The van der Waals surface area contributed by atoms with Crippen molar-refractivity contribution in [2.45, 2.75) is 13.5 Å². The number of nitrogens with zero attached hydrogens (tertiary/aromatic N) is 4. The van der Waals surface area contributed by atoms with Crippen LogP contribution in [0.2, 0.25) is 0 Å². The highest BCUT2D eigenvalue weighted by molar-refractivity contribution is 5.80. The fraction of sp³-hybridized carbons (Fsp3) is 0.444. The van der Waals surface area contributed by atoms with Crippen molar-refractivity contribution >= 4 is 17.0 Å². The standard InChI is InChI=1S/C9H14N6/c1-2-11-3-4-15-6-14-7-8(10)12-5-13-9(7)15/h5-6,11H,2-4H2,1H3,(H2,10,12,13). The maximum atomic E-state index is 5.68. The van der Waals surface area contributed by atoms with Crippen molar-refractivity contribution in [2.24, 2.45) is 0 Å². The molecular weight excluding hydrogens is 192 g/mol. The van der Waals surface area contributed by atoms with E-state index in [9.17, 15) is 0 Å². The normalized spacial score (nSPS) is 11.0. The van der Waals surface area contributed by atoms with Gasteiger partial charge in [-0.05, 0) is 6.54 Å². The zero-order valence-electron chi connectivity index (χ0n) is 8.64. The molecule has 6 heteroatoms. The van der Waals surface area contributed by atoms with E-state index in [0.29, 0.717) is 11.3 Å². The molecule has 0 aliphatic heterocycles. The lowest BCUT2D eigenvalue weighted by Crippen LogP contribution is -2.19. The topological polar surface area (TPSA) is 81.7 Å². The molecule has 0 unspecified atom stereocenters. The number of likely N-dealkylation sites (N-methyl/N-ethyl adjacent to an activating group) is 1. The highest BCUT2D eigenvalue weighted by Gasteiger charge is 2.06. The largest absolute Gasteiger partial charge is 0.382 e. The monoisotopic (exact) mass is 206 g/mol. The van der Waals surface area contributed by atoms with Crippen LogP contribution in [0.3, 0.4) is 0 Å². The fourth-order valence-corrected chi connectivity index (χ4v) is 1.44. The molecule has 0 saturated carbocycles. The minimum atomic E-state index is 0.433. The van der Waals surface area contributed by atoms with Gasteiger partial charge in [0.2, 0.25) is 0 Å². The van der Waals surface area contributed by atoms with Crippen LogP contribution in [0.4, 0.5) is 5.82 Å². The number of hydrogen-bond acceptors (Lipinski definition) is 5. The van der Waals surface area contributed by atoms with Gasteiger partial charge >= 0.3 is 0 Å². The summed E-state index contributed by atoms with van der Waals surface area (Å²) < 4.78 is 1.97. The second-order valence-corrected chi connectivity index (χ2v) is 3.22. The van der Waals surface area contributed by atoms with E-state index in [2.05, 4.69) is 27.2 Å². The molecule has 6 nitrogen and oxygen atoms in total. The van der Waals surface area contributed by atoms with Crippen molar-refractivity contribution in [2.75, 3.05) is 18.8 Å². The van der Waals surface area contributed by atoms with Crippen molar-refractivity contribution in [1.29, 1.82) is 0 Å². The highest BCUT2D eigenvalue weighted by Crippen LogP contribution is 2.13. The molecule has 0 atom stereocenters. The van der Waals surface area contributed by atoms with E-state index in [1.807, 2.05) is 4.57 Å². The average Bonchev–Trinajstić information content (AvgIpc) is 2.64. The summed E-state index contributed by atoms with van der Waals surface area (Å²) >= 11 is 0. The number of anilines is 1. The van der Waals surface area contributed by atoms with Crippen LogP contribution in [0.25, 0.3) is 11.2 Å². The quantitative estimate of drug-likeness (QED) is 0.689. The molecule has 0 spiro atoms. The van der Waals surface area contributed by atoms with Crippen LogP contribution in [0.5, 0.6) is 0 Å². The van der Waals surface area contributed by atoms with Crippen LogP contribution >= 0.6 is 0 Å². The molecule has 0 saturated heterocycles. The van der Waals surface area contributed by atoms with Crippen LogP contribution < -0.4 is 11.1 Å². The molecule has 2 heterocycles. The lowest BCUT2D eigenvalue weighted by atomic mass is 10.5. The Morgan fingerprint density at radius 3 is 3.07 bits per heavy atom. The lowest BCUT2D eigenvalue weighted by Gasteiger charge is -2.03. The van der Waals surface area contributed by atoms with Crippen LogP contribution in [-0.2, 0) is 6.54 Å². The minimum Gasteiger partial charge on any atom is -0.382 e. The second kappa shape index (κ2) is 4.22. The average molecular weight is 206 g/mol. The third-order valence-corrected chi connectivity index (χ3v) is 2.21. The Kier molecular flexibility index (Phi) is 2.77. The van der Waals surface area contributed by atoms with E-state index in [0.717, 1.165) is 25.3 Å². The summed E-state index contributed by atoms with van der Waals surface area (Å²) in [7, 11) is 0. The first kappa shape index (κ1) is 9.85. The summed E-state index contributed by atoms with van der Waals surface area (Å²) in [5, 5.41) is 3.24. The van der Waals surface area contributed by atoms with Crippen molar-refractivity contribution in [3.8, 4) is 0 Å². The molecule has 2 aromatic heterocycles. The number of imidazole rings is 1. The Balaban J connectivity index is 2.25. The number of nitrogen functional groups attached to an aromatic ring is 1. The first-order valence-electron chi connectivity index (χ1n) is 4.95. The Bertz CT molecular complexity index is 449. The minimum absolute atomic E-state index is 0.433. The van der Waals surface area contributed by atoms with Gasteiger partial charge in [-0.1, -0.05) is 6.92 Å². The van der Waals surface area contributed by atoms with E-state index in [1.54, 1.807) is 6.33 Å². The van der Waals surface area contributed by atoms with Gasteiger partial charge in [0.15, 0.2) is 11.5 Å². The number of hydrogen-bond donors (Lipinski definition) is 2. The predicted molar refractivity (Wildman–Crippen MR) is 58.3 cm³/mol. The summed E-state index contributed by atoms with van der Waals surface area (Å²) in [5.74, 6) is 0.433. The van der Waals surface area contributed by atoms with Crippen molar-refractivity contribution in [1.82, 2.24) is 24.8 Å². The molecule has 0 fully saturated rings. The van der Waals surface area contributed by atoms with E-state index < -0.39 is 0 Å². The van der Waals surface area contributed by atoms with Gasteiger partial charge in [-0.25, -0.2) is 15.0 Å². The second-order valence-electron chi connectivity index (χ2n) is 3.22. The first-order valence-corrected chi connectivity index (χ1v) is 4.95. The third-order valence-electron chi connectivity index (χ3n) is 2.21. The summed E-state index contributed by atoms with van der Waals surface area (Å²) in [6.07, 6.45) is 3.20. The maximum Gasteiger partial charge on any atom is 0.165 e. The van der Waals surface area contributed by atoms with Crippen molar-refractivity contribution in [3.63, 3.8) is 0 Å². The Morgan fingerprint density at radius 2 is 2.27 bits per heavy atom. The first-order chi connectivity index (χ1) is 7.33. The van der Waals surface area contributed by atoms with Crippen LogP contribution in [0.15, 0.2) is 12.7 Å². The Labute approximate surface area is 87.5 Å². The van der Waals surface area contributed by atoms with Crippen molar-refractivity contribution in [3.05, 3.63) is 12.7 Å². The molecule has 2 aromatic rings. The molecule has 15 heavy (non-hydrogen) atoms. The predicted octanol–water partition coefficient (Wildman–Crippen LogP) is 0.0180. The molecule has 80 valence electrons. The summed E-state index contributed by atoms with van der Waals surface area (Å²) in [5.41, 5.74) is 7.15. The van der Waals surface area contributed by atoms with Crippen molar-refractivity contribution < 1.29 is 0 Å². The smallest absolute Gasteiger partial charge is 0.165 e. The number of rotatable bonds is 4. The van der Waals surface area contributed by atoms with Gasteiger partial charge in [0.25, 0.3) is 0 Å². The third kappa shape index (κ3) is 1.89. The van der Waals surface area contributed by atoms with Gasteiger partial charge in [0.05, 0.1) is 6.33 Å². The van der Waals surface area contributed by atoms with Gasteiger partial charge < -0.3 is 15.6 Å². The highest BCUT2D eigenvalue weighted by atomic mass is 15.1. The molecule has 0 bridgehead atoms. The van der Waals surface area contributed by atoms with E-state index >= 15 is 0 Å². The summed E-state index contributed by atoms with van der Waals surface area (Å²) in [6, 6.07) is 0. The Hall–Kier alpha value is -1.69. The number of aromatic nitrogens is 4. The molecular formula is C9H14N6. The molecule has 2 rings (SSSR count). The van der Waals surface area contributed by atoms with Crippen LogP contribution in [0.1, 0.15) is 6.92 Å². The lowest BCUT2D eigenvalue weighted by molar-refractivity contribution is 0.621. The Morgan fingerprint density at radius 1 is 1.40 bits per heavy atom. The van der Waals surface area contributed by atoms with Crippen LogP contribution in [0, 0.1) is 0 Å². The van der Waals surface area contributed by atoms with Gasteiger partial charge in [-0.2, -0.15) is 0 Å². The van der Waals surface area contributed by atoms with Crippen LogP contribution in [-0.4, -0.2) is 32.6 Å². The van der Waals surface area contributed by atoms with E-state index in [-0.39, 0.29) is 0 Å². The van der Waals surface area contributed by atoms with E-state index in [4.69, 9.17) is 5.73 Å². The summed E-state index contributed by atoms with van der Waals surface area (Å²) in [6.45, 7) is 4.77. The van der Waals surface area contributed by atoms with E-state index in [1.165, 1.54) is 6.33 Å². The SMILES string of the molecule is CCNCCn1cnc2c(N)ncnc21. The number of nitrogens with one attached hydrogen (secondary N) is 1. The molecule has 0 aromatic carbocycles. The van der Waals surface area contributed by atoms with Gasteiger partial charge in [0, 0.05) is 13.1 Å². The molecule has 3 N–H and O–H groups in total. The van der Waals surface area contributed by atoms with Gasteiger partial charge in [-0.3, -0.25) is 0 Å². The zero-order chi connectivity index (χ0) is 10.7. The number of nitrogens with two attached hydrogens (primary N) is 1. The summed E-state index contributed by atoms with van der Waals surface area (Å²) in [4.78, 5) is 12.2. The molecule has 0 aliphatic carbocycles. The zero-order valence-corrected chi connectivity index (χ0v) is 8.64. The van der Waals surface area contributed by atoms with Gasteiger partial charge in [0.1, 0.15) is 11.8 Å². The molecule has 0 aliphatic rings. The fourth-order valence-electron chi connectivity index (χ4n) is 1.44. The maximum absolute atomic E-state index is 5.68. The number of fused-ring (bicyclic) bond motifs is 1. The molecule has 0 amide bonds.